The first kappa shape index (κ1) is 30.5. The van der Waals surface area contributed by atoms with Gasteiger partial charge in [-0.25, -0.2) is 0 Å². The monoisotopic (exact) mass is 632 g/mol. The fourth-order valence-corrected chi connectivity index (χ4v) is 8.05. The lowest BCUT2D eigenvalue weighted by Gasteiger charge is -2.42. The number of benzene rings is 3. The minimum absolute atomic E-state index is 0.122. The summed E-state index contributed by atoms with van der Waals surface area (Å²) in [6.07, 6.45) is 6.51. The van der Waals surface area contributed by atoms with Crippen LogP contribution in [0.3, 0.4) is 0 Å². The zero-order valence-corrected chi connectivity index (χ0v) is 26.2. The predicted molar refractivity (Wildman–Crippen MR) is 172 cm³/mol. The number of ether oxygens (including phenoxy) is 2. The lowest BCUT2D eigenvalue weighted by atomic mass is 9.58. The SMILES string of the molecule is COc1cc(C=C[C@H]2C3=CC[C@@H]4C(=O)N(Cc5ccccc5)C(=O)[C@@H]4[C@@H]3C[C@H]3C(=O)N(Cc4ccccc4)C(=O)[C@@H]23)cc(OC)c1O. The van der Waals surface area contributed by atoms with Crippen molar-refractivity contribution in [1.82, 2.24) is 9.80 Å². The highest BCUT2D eigenvalue weighted by atomic mass is 16.5. The Balaban J connectivity index is 1.26. The molecule has 2 aliphatic heterocycles. The molecule has 9 nitrogen and oxygen atoms in total. The Hall–Kier alpha value is -5.18. The number of nitrogens with zero attached hydrogens (tertiary/aromatic N) is 2. The number of likely N-dealkylation sites (tertiary alicyclic amines) is 2. The molecule has 2 aliphatic carbocycles. The Labute approximate surface area is 273 Å². The van der Waals surface area contributed by atoms with E-state index in [2.05, 4.69) is 0 Å². The van der Waals surface area contributed by atoms with Gasteiger partial charge in [-0.3, -0.25) is 29.0 Å². The number of rotatable bonds is 8. The molecule has 2 saturated heterocycles. The van der Waals surface area contributed by atoms with Crippen LogP contribution in [-0.4, -0.2) is 52.8 Å². The van der Waals surface area contributed by atoms with Gasteiger partial charge in [-0.15, -0.1) is 0 Å². The van der Waals surface area contributed by atoms with Crippen LogP contribution in [0.15, 0.2) is 90.5 Å². The summed E-state index contributed by atoms with van der Waals surface area (Å²) in [7, 11) is 2.90. The molecule has 9 heteroatoms. The molecule has 0 unspecified atom stereocenters. The summed E-state index contributed by atoms with van der Waals surface area (Å²) >= 11 is 0. The molecule has 47 heavy (non-hydrogen) atoms. The number of phenols is 1. The number of imide groups is 2. The number of phenolic OH excluding ortho intramolecular Hbond substituents is 1. The van der Waals surface area contributed by atoms with Crippen molar-refractivity contribution in [3.8, 4) is 17.2 Å². The van der Waals surface area contributed by atoms with Gasteiger partial charge >= 0.3 is 0 Å². The molecule has 7 rings (SSSR count). The summed E-state index contributed by atoms with van der Waals surface area (Å²) in [6, 6.07) is 22.2. The first-order chi connectivity index (χ1) is 22.8. The van der Waals surface area contributed by atoms with Crippen LogP contribution in [-0.2, 0) is 32.3 Å². The third-order valence-electron chi connectivity index (χ3n) is 10.2. The van der Waals surface area contributed by atoms with E-state index < -0.39 is 29.6 Å². The molecule has 3 aromatic rings. The number of fused-ring (bicyclic) bond motifs is 4. The van der Waals surface area contributed by atoms with E-state index in [1.54, 1.807) is 12.1 Å². The van der Waals surface area contributed by atoms with E-state index in [0.717, 1.165) is 16.7 Å². The summed E-state index contributed by atoms with van der Waals surface area (Å²) < 4.78 is 10.7. The summed E-state index contributed by atoms with van der Waals surface area (Å²) in [5.41, 5.74) is 3.32. The first-order valence-electron chi connectivity index (χ1n) is 15.9. The fraction of sp³-hybridized carbons (Fsp3) is 0.316. The molecule has 6 atom stereocenters. The van der Waals surface area contributed by atoms with Gasteiger partial charge in [0.05, 0.1) is 51.0 Å². The van der Waals surface area contributed by atoms with Gasteiger partial charge < -0.3 is 14.6 Å². The highest BCUT2D eigenvalue weighted by Gasteiger charge is 2.61. The lowest BCUT2D eigenvalue weighted by Crippen LogP contribution is -2.43. The largest absolute Gasteiger partial charge is 0.502 e. The summed E-state index contributed by atoms with van der Waals surface area (Å²) in [4.78, 5) is 58.6. The fourth-order valence-electron chi connectivity index (χ4n) is 8.05. The number of carbonyl (C=O) groups excluding carboxylic acids is 4. The van der Waals surface area contributed by atoms with Gasteiger partial charge in [0, 0.05) is 5.92 Å². The number of allylic oxidation sites excluding steroid dienone is 3. The van der Waals surface area contributed by atoms with E-state index in [1.165, 1.54) is 24.0 Å². The van der Waals surface area contributed by atoms with Gasteiger partial charge in [0.1, 0.15) is 0 Å². The van der Waals surface area contributed by atoms with Gasteiger partial charge in [0.25, 0.3) is 0 Å². The molecule has 0 aromatic heterocycles. The highest BCUT2D eigenvalue weighted by molar-refractivity contribution is 6.07. The molecule has 0 bridgehead atoms. The molecule has 4 aliphatic rings. The lowest BCUT2D eigenvalue weighted by molar-refractivity contribution is -0.142. The van der Waals surface area contributed by atoms with E-state index in [1.807, 2.05) is 78.9 Å². The minimum atomic E-state index is -0.643. The Morgan fingerprint density at radius 1 is 0.723 bits per heavy atom. The van der Waals surface area contributed by atoms with Crippen LogP contribution in [0.4, 0.5) is 0 Å². The maximum absolute atomic E-state index is 14.1. The number of methoxy groups -OCH3 is 2. The molecule has 2 heterocycles. The zero-order valence-electron chi connectivity index (χ0n) is 26.2. The third kappa shape index (κ3) is 5.19. The maximum Gasteiger partial charge on any atom is 0.234 e. The Kier molecular flexibility index (Phi) is 7.91. The average molecular weight is 633 g/mol. The van der Waals surface area contributed by atoms with Crippen LogP contribution in [0.1, 0.15) is 29.5 Å². The zero-order chi connectivity index (χ0) is 32.8. The average Bonchev–Trinajstić information content (AvgIpc) is 3.48. The first-order valence-corrected chi connectivity index (χ1v) is 15.9. The van der Waals surface area contributed by atoms with Crippen LogP contribution in [0.2, 0.25) is 0 Å². The maximum atomic E-state index is 14.1. The summed E-state index contributed by atoms with van der Waals surface area (Å²) in [5, 5.41) is 10.4. The van der Waals surface area contributed by atoms with Gasteiger partial charge in [0.15, 0.2) is 11.5 Å². The van der Waals surface area contributed by atoms with Crippen molar-refractivity contribution < 1.29 is 33.8 Å². The number of amides is 4. The smallest absolute Gasteiger partial charge is 0.234 e. The van der Waals surface area contributed by atoms with Crippen molar-refractivity contribution in [2.75, 3.05) is 14.2 Å². The molecule has 1 N–H and O–H groups in total. The van der Waals surface area contributed by atoms with Gasteiger partial charge in [-0.05, 0) is 47.6 Å². The van der Waals surface area contributed by atoms with E-state index in [4.69, 9.17) is 9.47 Å². The second-order valence-corrected chi connectivity index (χ2v) is 12.7. The number of hydrogen-bond donors (Lipinski definition) is 1. The molecular weight excluding hydrogens is 596 g/mol. The van der Waals surface area contributed by atoms with E-state index in [-0.39, 0.29) is 59.9 Å². The minimum Gasteiger partial charge on any atom is -0.502 e. The van der Waals surface area contributed by atoms with Crippen LogP contribution < -0.4 is 9.47 Å². The molecule has 240 valence electrons. The second-order valence-electron chi connectivity index (χ2n) is 12.7. The van der Waals surface area contributed by atoms with Crippen molar-refractivity contribution in [2.45, 2.75) is 25.9 Å². The number of carbonyl (C=O) groups is 4. The number of hydrogen-bond acceptors (Lipinski definition) is 7. The quantitative estimate of drug-likeness (QED) is 0.275. The molecule has 1 saturated carbocycles. The van der Waals surface area contributed by atoms with Crippen LogP contribution in [0.5, 0.6) is 17.2 Å². The molecule has 0 radical (unpaired) electrons. The predicted octanol–water partition coefficient (Wildman–Crippen LogP) is 4.99. The van der Waals surface area contributed by atoms with E-state index >= 15 is 0 Å². The molecule has 3 fully saturated rings. The van der Waals surface area contributed by atoms with E-state index in [0.29, 0.717) is 18.4 Å². The van der Waals surface area contributed by atoms with Crippen molar-refractivity contribution in [1.29, 1.82) is 0 Å². The Morgan fingerprint density at radius 2 is 1.26 bits per heavy atom. The van der Waals surface area contributed by atoms with Crippen molar-refractivity contribution in [2.24, 2.45) is 35.5 Å². The summed E-state index contributed by atoms with van der Waals surface area (Å²) in [6.45, 7) is 0.377. The molecule has 0 spiro atoms. The number of aromatic hydroxyl groups is 1. The second kappa shape index (κ2) is 12.2. The summed E-state index contributed by atoms with van der Waals surface area (Å²) in [5.74, 6) is -3.74. The highest BCUT2D eigenvalue weighted by Crippen LogP contribution is 2.55. The van der Waals surface area contributed by atoms with E-state index in [9.17, 15) is 24.3 Å². The standard InChI is InChI=1S/C38H36N2O7/c1-46-30-17-24(18-31(47-2)34(30)41)13-14-26-25-15-16-27-33(38(45)39(35(27)42)20-22-9-5-3-6-10-22)28(25)19-29-32(26)37(44)40(36(29)43)21-23-11-7-4-8-12-23/h3-15,17-18,26-29,32-33,41H,16,19-21H2,1-2H3/t26-,27-,28+,29+,32-,33-/m0/s1. The van der Waals surface area contributed by atoms with Gasteiger partial charge in [-0.2, -0.15) is 0 Å². The third-order valence-corrected chi connectivity index (χ3v) is 10.2. The topological polar surface area (TPSA) is 113 Å². The van der Waals surface area contributed by atoms with Crippen molar-refractivity contribution in [3.05, 3.63) is 107 Å². The molecule has 4 amide bonds. The van der Waals surface area contributed by atoms with Gasteiger partial charge in [-0.1, -0.05) is 84.5 Å². The molecular formula is C38H36N2O7. The van der Waals surface area contributed by atoms with Crippen LogP contribution in [0.25, 0.3) is 6.08 Å². The van der Waals surface area contributed by atoms with Gasteiger partial charge in [0.2, 0.25) is 29.4 Å². The Bertz CT molecular complexity index is 1780. The van der Waals surface area contributed by atoms with Crippen molar-refractivity contribution in [3.63, 3.8) is 0 Å². The van der Waals surface area contributed by atoms with Crippen LogP contribution >= 0.6 is 0 Å². The normalized spacial score (nSPS) is 26.7. The molecule has 3 aromatic carbocycles. The van der Waals surface area contributed by atoms with Crippen molar-refractivity contribution >= 4 is 29.7 Å². The Morgan fingerprint density at radius 3 is 1.81 bits per heavy atom. The van der Waals surface area contributed by atoms with Crippen LogP contribution in [0, 0.1) is 35.5 Å².